The zero-order chi connectivity index (χ0) is 107. The fraction of sp³-hybridized carbons (Fsp3) is 0.216. The molecule has 0 aromatic heterocycles. The monoisotopic (exact) mass is 2150 g/mol. The number of aryl methyl sites for hydroxylation is 1. The lowest BCUT2D eigenvalue weighted by atomic mass is 10.1. The average Bonchev–Trinajstić information content (AvgIpc) is 0.778. The molecule has 0 saturated heterocycles. The number of rotatable bonds is 30. The van der Waals surface area contributed by atoms with Crippen LogP contribution in [0.2, 0.25) is 78.6 Å². The Hall–Kier alpha value is -11.8. The first-order chi connectivity index (χ1) is 69.7. The Morgan fingerprint density at radius 1 is 0.219 bits per heavy atom. The summed E-state index contributed by atoms with van der Waals surface area (Å²) in [6.07, 6.45) is 13.0. The number of benzene rings is 14. The summed E-state index contributed by atoms with van der Waals surface area (Å²) in [7, 11) is 17.0. The maximum absolute atomic E-state index is 11.0. The van der Waals surface area contributed by atoms with Crippen molar-refractivity contribution < 1.29 is 59.4 Å². The summed E-state index contributed by atoms with van der Waals surface area (Å²) in [4.78, 5) is 28.7. The molecule has 0 amide bonds. The quantitative estimate of drug-likeness (QED) is 0.0126. The fourth-order valence-corrected chi connectivity index (χ4v) is 29.0. The third-order valence-corrected chi connectivity index (χ3v) is 40.5. The van der Waals surface area contributed by atoms with Gasteiger partial charge in [-0.1, -0.05) is 380 Å². The van der Waals surface area contributed by atoms with Crippen LogP contribution in [0.15, 0.2) is 314 Å². The molecule has 14 aromatic carbocycles. The summed E-state index contributed by atoms with van der Waals surface area (Å²) >= 11 is 0. The second-order valence-corrected chi connectivity index (χ2v) is 66.8. The predicted molar refractivity (Wildman–Crippen MR) is 659 cm³/mol. The molecule has 146 heavy (non-hydrogen) atoms. The molecule has 7 atom stereocenters. The van der Waals surface area contributed by atoms with E-state index in [1.807, 2.05) is 207 Å². The SMILES string of the molecule is CN=Cc1cccc(C)c1Pc1cccc(OC)c1O.CN=Cc1ccccc1Pc1cc(OC)cc(OC)c1O.CN=Cc1ccccc1Pc1cc(OC)ccc1O.CN=Cc1ccccc1Pc1cc([Si](C)(C)C)cc([Si](C)(C)C)c1O.CN=Cc1ccccc1Pc1cc([Si](C)(C)C)ccc1O.CN=Cc1ccccc1Pc1cccc(OC)c1O.CN=Cc1ccccc1Pc1cccc([Si](C)(C)C)c1O. The number of nitrogens with zero attached hydrogens (tertiary/aromatic N) is 7. The van der Waals surface area contributed by atoms with Gasteiger partial charge in [-0.3, -0.25) is 34.9 Å². The van der Waals surface area contributed by atoms with Crippen LogP contribution in [0, 0.1) is 6.92 Å². The summed E-state index contributed by atoms with van der Waals surface area (Å²) in [5.41, 5.74) is 8.86. The molecule has 7 unspecified atom stereocenters. The molecule has 0 radical (unpaired) electrons. The van der Waals surface area contributed by atoms with Crippen molar-refractivity contribution in [2.45, 2.75) is 85.5 Å². The normalized spacial score (nSPS) is 12.1. The highest BCUT2D eigenvalue weighted by Crippen LogP contribution is 2.36. The van der Waals surface area contributed by atoms with Crippen LogP contribution in [0.3, 0.4) is 0 Å². The van der Waals surface area contributed by atoms with E-state index in [1.165, 1.54) is 49.5 Å². The molecule has 0 bridgehead atoms. The van der Waals surface area contributed by atoms with E-state index in [-0.39, 0.29) is 25.8 Å². The van der Waals surface area contributed by atoms with Gasteiger partial charge in [0.05, 0.1) is 67.8 Å². The Bertz CT molecular complexity index is 6770. The van der Waals surface area contributed by atoms with E-state index in [4.69, 9.17) is 23.7 Å². The number of phenolic OH excluding ortho intramolecular Hbond substituents is 7. The maximum atomic E-state index is 11.0. The van der Waals surface area contributed by atoms with Gasteiger partial charge < -0.3 is 59.4 Å². The second kappa shape index (κ2) is 59.3. The summed E-state index contributed by atoms with van der Waals surface area (Å²) in [5.74, 6) is 5.11. The third-order valence-electron chi connectivity index (χ3n) is 22.5. The zero-order valence-corrected chi connectivity index (χ0v) is 99.4. The van der Waals surface area contributed by atoms with E-state index >= 15 is 0 Å². The first-order valence-electron chi connectivity index (χ1n) is 47.3. The molecule has 0 heterocycles. The first-order valence-corrected chi connectivity index (χ1v) is 68.3. The van der Waals surface area contributed by atoms with Crippen LogP contribution in [0.25, 0.3) is 0 Å². The number of ether oxygens (including phenoxy) is 5. The smallest absolute Gasteiger partial charge is 0.165 e. The van der Waals surface area contributed by atoms with Crippen LogP contribution in [-0.4, -0.2) is 196 Å². The molecule has 30 heteroatoms. The van der Waals surface area contributed by atoms with Crippen molar-refractivity contribution in [1.29, 1.82) is 0 Å². The highest BCUT2D eigenvalue weighted by molar-refractivity contribution is 7.58. The number of methoxy groups -OCH3 is 5. The highest BCUT2D eigenvalue weighted by atomic mass is 31.1. The zero-order valence-electron chi connectivity index (χ0n) is 88.4. The van der Waals surface area contributed by atoms with Crippen LogP contribution < -0.4 is 119 Å². The van der Waals surface area contributed by atoms with E-state index in [0.29, 0.717) is 97.5 Å². The molecule has 14 aromatic rings. The number of hydrogen-bond acceptors (Lipinski definition) is 19. The molecule has 0 aliphatic heterocycles. The van der Waals surface area contributed by atoms with Gasteiger partial charge in [-0.25, -0.2) is 0 Å². The lowest BCUT2D eigenvalue weighted by Crippen LogP contribution is -2.47. The Labute approximate surface area is 881 Å². The van der Waals surface area contributed by atoms with Gasteiger partial charge in [0.2, 0.25) is 0 Å². The topological polar surface area (TPSA) is 274 Å². The van der Waals surface area contributed by atoms with Gasteiger partial charge >= 0.3 is 0 Å². The number of phenols is 7. The number of aromatic hydroxyl groups is 7. The minimum Gasteiger partial charge on any atom is -0.507 e. The van der Waals surface area contributed by atoms with E-state index in [0.717, 1.165) is 103 Å². The molecule has 0 saturated carbocycles. The molecule has 19 nitrogen and oxygen atoms in total. The van der Waals surface area contributed by atoms with Gasteiger partial charge in [-0.05, 0) is 136 Å². The van der Waals surface area contributed by atoms with E-state index in [1.54, 1.807) is 108 Å². The van der Waals surface area contributed by atoms with Crippen LogP contribution in [0.1, 0.15) is 44.5 Å². The summed E-state index contributed by atoms with van der Waals surface area (Å²) in [6.45, 7) is 29.9. The van der Waals surface area contributed by atoms with Crippen LogP contribution in [0.5, 0.6) is 69.0 Å². The number of hydrogen-bond donors (Lipinski definition) is 7. The fourth-order valence-electron chi connectivity index (χ4n) is 14.6. The van der Waals surface area contributed by atoms with Crippen molar-refractivity contribution in [2.24, 2.45) is 34.9 Å². The van der Waals surface area contributed by atoms with Gasteiger partial charge in [0.25, 0.3) is 0 Å². The average molecular weight is 2160 g/mol. The van der Waals surface area contributed by atoms with Crippen molar-refractivity contribution >= 4 is 231 Å². The summed E-state index contributed by atoms with van der Waals surface area (Å²) < 4.78 is 25.9. The molecule has 0 aliphatic carbocycles. The van der Waals surface area contributed by atoms with Gasteiger partial charge in [-0.2, -0.15) is 0 Å². The molecular formula is C116H142N7O12P7Si4. The minimum atomic E-state index is -1.62. The van der Waals surface area contributed by atoms with E-state index in [2.05, 4.69) is 205 Å². The molecule has 0 fully saturated rings. The lowest BCUT2D eigenvalue weighted by Gasteiger charge is -2.26. The third kappa shape index (κ3) is 36.1. The van der Waals surface area contributed by atoms with Crippen LogP contribution in [0.4, 0.5) is 0 Å². The molecular weight excluding hydrogens is 2010 g/mol. The molecule has 764 valence electrons. The van der Waals surface area contributed by atoms with E-state index < -0.39 is 32.3 Å². The summed E-state index contributed by atoms with van der Waals surface area (Å²) in [6, 6.07) is 91.7. The standard InChI is InChI=1S/C20H30NOPSi2.2C17H22NOPSi.C16H18NO3P.C16H18NO2P.2C15H16NO2P/c1-21-14-15-10-8-9-11-17(15)23-18-12-16(24(2,3)4)13-19(20(18)22)25(5,6)7;1-18-12-13-8-5-6-9-14(13)20-15-10-7-11-16(17(15)19)21(2,3)4;1-18-12-13-7-5-6-8-16(13)20-17-11-14(21(2,3)4)9-10-15(17)19;1-17-10-11-6-4-5-7-14(11)21-15-9-12(19-2)8-13(20-3)16(15)18;1-11-6-4-7-12(10-17-2)16(11)20-14-9-5-8-13(19-3)15(14)18;1-16-10-11-6-3-4-8-13(11)19-14-9-5-7-12(18-2)15(14)17;1-16-10-11-5-3-4-6-14(11)19-15-9-12(18-2)7-8-13(15)17/h8-14,22-23H,1-7H3;2*5-12,19-20H,1-4H3;4-10,18,21H,1-3H3;4-10,18,20H,1-3H3;2*3-10,17,19H,1-2H3. The number of para-hydroxylation sites is 3. The van der Waals surface area contributed by atoms with Gasteiger partial charge in [0.1, 0.15) is 34.5 Å². The molecule has 14 rings (SSSR count). The Kier molecular flexibility index (Phi) is 48.5. The van der Waals surface area contributed by atoms with Crippen molar-refractivity contribution in [3.05, 3.63) is 324 Å². The predicted octanol–water partition coefficient (Wildman–Crippen LogP) is 17.0. The van der Waals surface area contributed by atoms with Crippen LogP contribution in [-0.2, 0) is 0 Å². The number of aliphatic imine (C=N–C) groups is 7. The minimum absolute atomic E-state index is 0.153. The van der Waals surface area contributed by atoms with Crippen molar-refractivity contribution in [2.75, 3.05) is 84.9 Å². The van der Waals surface area contributed by atoms with E-state index in [9.17, 15) is 35.7 Å². The van der Waals surface area contributed by atoms with Gasteiger partial charge in [0.15, 0.2) is 34.5 Å². The molecule has 7 N–H and O–H groups in total. The maximum Gasteiger partial charge on any atom is 0.165 e. The molecule has 0 aliphatic rings. The van der Waals surface area contributed by atoms with Crippen LogP contribution >= 0.6 is 60.1 Å². The second-order valence-electron chi connectivity index (χ2n) is 37.3. The highest BCUT2D eigenvalue weighted by Gasteiger charge is 2.29. The van der Waals surface area contributed by atoms with Crippen molar-refractivity contribution in [1.82, 2.24) is 0 Å². The van der Waals surface area contributed by atoms with Gasteiger partial charge in [0, 0.05) is 142 Å². The Morgan fingerprint density at radius 2 is 0.500 bits per heavy atom. The van der Waals surface area contributed by atoms with Gasteiger partial charge in [-0.15, -0.1) is 0 Å². The summed E-state index contributed by atoms with van der Waals surface area (Å²) in [5, 5.41) is 92.3. The van der Waals surface area contributed by atoms with Crippen molar-refractivity contribution in [3.8, 4) is 69.0 Å². The van der Waals surface area contributed by atoms with Crippen molar-refractivity contribution in [3.63, 3.8) is 0 Å². The first kappa shape index (κ1) is 119. The molecule has 0 spiro atoms. The Balaban J connectivity index is 0.000000208. The lowest BCUT2D eigenvalue weighted by molar-refractivity contribution is 0.366. The Morgan fingerprint density at radius 3 is 0.863 bits per heavy atom. The largest absolute Gasteiger partial charge is 0.507 e.